The number of sulfone groups is 2. The summed E-state index contributed by atoms with van der Waals surface area (Å²) in [5.41, 5.74) is -0.267. The molecule has 0 heterocycles. The van der Waals surface area contributed by atoms with Crippen LogP contribution in [0.15, 0.2) is 98.4 Å². The lowest BCUT2D eigenvalue weighted by Crippen LogP contribution is -2.06. The maximum absolute atomic E-state index is 13.3. The van der Waals surface area contributed by atoms with Crippen molar-refractivity contribution >= 4 is 29.8 Å². The molecule has 0 spiro atoms. The van der Waals surface area contributed by atoms with Crippen LogP contribution in [0.25, 0.3) is 0 Å². The van der Waals surface area contributed by atoms with E-state index in [4.69, 9.17) is 4.55 Å². The summed E-state index contributed by atoms with van der Waals surface area (Å²) < 4.78 is 84.3. The van der Waals surface area contributed by atoms with E-state index in [1.54, 1.807) is 0 Å². The Morgan fingerprint density at radius 1 is 0.475 bits per heavy atom. The number of phenolic OH excluding ortho intramolecular Hbond substituents is 4. The molecule has 0 unspecified atom stereocenters. The fourth-order valence-corrected chi connectivity index (χ4v) is 7.18. The molecule has 210 valence electrons. The van der Waals surface area contributed by atoms with Gasteiger partial charge in [0.15, 0.2) is 0 Å². The van der Waals surface area contributed by atoms with Gasteiger partial charge >= 0.3 is 0 Å². The molecular weight excluding hydrogens is 584 g/mol. The summed E-state index contributed by atoms with van der Waals surface area (Å²) >= 11 is 0. The summed E-state index contributed by atoms with van der Waals surface area (Å²) in [5.74, 6) is -2.35. The monoisotopic (exact) mass is 606 g/mol. The van der Waals surface area contributed by atoms with Crippen molar-refractivity contribution in [1.82, 2.24) is 0 Å². The zero-order valence-corrected chi connectivity index (χ0v) is 22.8. The Morgan fingerprint density at radius 3 is 1.25 bits per heavy atom. The number of phenols is 4. The Hall–Kier alpha value is -4.11. The zero-order valence-electron chi connectivity index (χ0n) is 20.3. The van der Waals surface area contributed by atoms with Crippen molar-refractivity contribution in [3.63, 3.8) is 0 Å². The van der Waals surface area contributed by atoms with Crippen LogP contribution in [-0.4, -0.2) is 50.2 Å². The Kier molecular flexibility index (Phi) is 7.56. The third-order valence-electron chi connectivity index (χ3n) is 5.95. The summed E-state index contributed by atoms with van der Waals surface area (Å²) in [6, 6.07) is 14.5. The molecule has 11 nitrogen and oxygen atoms in total. The summed E-state index contributed by atoms with van der Waals surface area (Å²) in [6.07, 6.45) is -0.274. The quantitative estimate of drug-likeness (QED) is 0.184. The first kappa shape index (κ1) is 28.9. The standard InChI is InChI=1S/C26H22O11S3/c27-19-1-3-20(4-2-19)39(34,35)21-5-8-24(28)16(12-21)11-17-13-22(6-9-25(17)29)40(36,37)23-7-10-26(30)18(14-23)15-38(31,32)33/h1-10,12-14,27-30H,11,15H2,(H,31,32,33). The van der Waals surface area contributed by atoms with E-state index in [0.29, 0.717) is 0 Å². The third-order valence-corrected chi connectivity index (χ3v) is 10.1. The number of hydrogen-bond acceptors (Lipinski definition) is 10. The van der Waals surface area contributed by atoms with Gasteiger partial charge < -0.3 is 20.4 Å². The average molecular weight is 607 g/mol. The van der Waals surface area contributed by atoms with Gasteiger partial charge in [0.2, 0.25) is 19.7 Å². The maximum Gasteiger partial charge on any atom is 0.269 e. The molecule has 4 aromatic carbocycles. The van der Waals surface area contributed by atoms with E-state index < -0.39 is 46.2 Å². The molecule has 40 heavy (non-hydrogen) atoms. The molecule has 0 aliphatic rings. The predicted molar refractivity (Wildman–Crippen MR) is 141 cm³/mol. The summed E-state index contributed by atoms with van der Waals surface area (Å²) in [7, 11) is -12.9. The lowest BCUT2D eigenvalue weighted by atomic mass is 10.0. The minimum Gasteiger partial charge on any atom is -0.508 e. The second-order valence-electron chi connectivity index (χ2n) is 8.78. The number of hydrogen-bond donors (Lipinski definition) is 5. The normalized spacial score (nSPS) is 12.3. The third kappa shape index (κ3) is 6.04. The van der Waals surface area contributed by atoms with Crippen molar-refractivity contribution in [3.8, 4) is 23.0 Å². The minimum atomic E-state index is -4.58. The van der Waals surface area contributed by atoms with Gasteiger partial charge in [-0.15, -0.1) is 0 Å². The molecule has 0 saturated carbocycles. The van der Waals surface area contributed by atoms with Gasteiger partial charge in [-0.05, 0) is 90.0 Å². The van der Waals surface area contributed by atoms with Crippen LogP contribution in [0, 0.1) is 0 Å². The highest BCUT2D eigenvalue weighted by Gasteiger charge is 2.23. The molecule has 0 atom stereocenters. The SMILES string of the molecule is O=S(=O)(O)Cc1cc(S(=O)(=O)c2ccc(O)c(Cc3cc(S(=O)(=O)c4ccc(O)cc4)ccc3O)c2)ccc1O. The molecule has 0 saturated heterocycles. The molecular formula is C26H22O11S3. The highest BCUT2D eigenvalue weighted by Crippen LogP contribution is 2.33. The average Bonchev–Trinajstić information content (AvgIpc) is 2.87. The molecule has 4 aromatic rings. The van der Waals surface area contributed by atoms with Crippen LogP contribution >= 0.6 is 0 Å². The van der Waals surface area contributed by atoms with Crippen LogP contribution in [0.5, 0.6) is 23.0 Å². The Labute approximate surface area is 229 Å². The molecule has 0 fully saturated rings. The second-order valence-corrected chi connectivity index (χ2v) is 14.1. The van der Waals surface area contributed by atoms with Crippen molar-refractivity contribution < 1.29 is 50.2 Å². The van der Waals surface area contributed by atoms with Crippen molar-refractivity contribution in [3.05, 3.63) is 95.6 Å². The molecule has 4 rings (SSSR count). The van der Waals surface area contributed by atoms with E-state index in [9.17, 15) is 45.7 Å². The topological polar surface area (TPSA) is 204 Å². The van der Waals surface area contributed by atoms with Gasteiger partial charge in [-0.3, -0.25) is 4.55 Å². The van der Waals surface area contributed by atoms with E-state index in [0.717, 1.165) is 42.5 Å². The molecule has 0 aliphatic carbocycles. The van der Waals surface area contributed by atoms with E-state index in [1.807, 2.05) is 0 Å². The van der Waals surface area contributed by atoms with E-state index in [1.165, 1.54) is 36.4 Å². The Morgan fingerprint density at radius 2 is 0.825 bits per heavy atom. The summed E-state index contributed by atoms with van der Waals surface area (Å²) in [4.78, 5) is -1.02. The molecule has 14 heteroatoms. The van der Waals surface area contributed by atoms with Crippen molar-refractivity contribution in [2.45, 2.75) is 31.8 Å². The minimum absolute atomic E-state index is 0.0208. The maximum atomic E-state index is 13.3. The van der Waals surface area contributed by atoms with Gasteiger partial charge in [-0.25, -0.2) is 16.8 Å². The van der Waals surface area contributed by atoms with Crippen molar-refractivity contribution in [2.24, 2.45) is 0 Å². The van der Waals surface area contributed by atoms with Gasteiger partial charge in [0, 0.05) is 12.0 Å². The molecule has 0 radical (unpaired) electrons. The lowest BCUT2D eigenvalue weighted by Gasteiger charge is -2.13. The van der Waals surface area contributed by atoms with Gasteiger partial charge in [-0.2, -0.15) is 8.42 Å². The smallest absolute Gasteiger partial charge is 0.269 e. The fraction of sp³-hybridized carbons (Fsp3) is 0.0769. The van der Waals surface area contributed by atoms with Crippen LogP contribution in [0.1, 0.15) is 16.7 Å². The first-order valence-electron chi connectivity index (χ1n) is 11.3. The zero-order chi connectivity index (χ0) is 29.5. The fourth-order valence-electron chi connectivity index (χ4n) is 3.89. The lowest BCUT2D eigenvalue weighted by molar-refractivity contribution is 0.461. The first-order chi connectivity index (χ1) is 18.6. The molecule has 0 aliphatic heterocycles. The van der Waals surface area contributed by atoms with E-state index in [-0.39, 0.29) is 55.0 Å². The van der Waals surface area contributed by atoms with Crippen molar-refractivity contribution in [1.29, 1.82) is 0 Å². The Bertz CT molecular complexity index is 1930. The van der Waals surface area contributed by atoms with Crippen molar-refractivity contribution in [2.75, 3.05) is 0 Å². The molecule has 5 N–H and O–H groups in total. The molecule has 0 aromatic heterocycles. The molecule has 0 amide bonds. The van der Waals surface area contributed by atoms with Crippen LogP contribution in [0.2, 0.25) is 0 Å². The number of rotatable bonds is 8. The Balaban J connectivity index is 1.72. The van der Waals surface area contributed by atoms with E-state index in [2.05, 4.69) is 0 Å². The number of aromatic hydroxyl groups is 4. The summed E-state index contributed by atoms with van der Waals surface area (Å²) in [6.45, 7) is 0. The van der Waals surface area contributed by atoms with Crippen LogP contribution < -0.4 is 0 Å². The predicted octanol–water partition coefficient (Wildman–Crippen LogP) is 3.15. The molecule has 0 bridgehead atoms. The van der Waals surface area contributed by atoms with Crippen LogP contribution in [0.4, 0.5) is 0 Å². The van der Waals surface area contributed by atoms with Gasteiger partial charge in [0.25, 0.3) is 10.1 Å². The highest BCUT2D eigenvalue weighted by atomic mass is 32.2. The van der Waals surface area contributed by atoms with E-state index >= 15 is 0 Å². The largest absolute Gasteiger partial charge is 0.508 e. The summed E-state index contributed by atoms with van der Waals surface area (Å²) in [5, 5.41) is 40.1. The first-order valence-corrected chi connectivity index (χ1v) is 15.9. The van der Waals surface area contributed by atoms with Crippen LogP contribution in [0.3, 0.4) is 0 Å². The van der Waals surface area contributed by atoms with Gasteiger partial charge in [0.05, 0.1) is 19.6 Å². The second kappa shape index (κ2) is 10.5. The highest BCUT2D eigenvalue weighted by molar-refractivity contribution is 7.91. The van der Waals surface area contributed by atoms with Gasteiger partial charge in [0.1, 0.15) is 28.8 Å². The van der Waals surface area contributed by atoms with Crippen LogP contribution in [-0.2, 0) is 42.0 Å². The number of benzene rings is 4. The van der Waals surface area contributed by atoms with Gasteiger partial charge in [-0.1, -0.05) is 0 Å².